The van der Waals surface area contributed by atoms with Gasteiger partial charge >= 0.3 is 0 Å². The molecule has 0 radical (unpaired) electrons. The van der Waals surface area contributed by atoms with Crippen LogP contribution in [0, 0.1) is 5.92 Å². The largest absolute Gasteiger partial charge is 0.355 e. The fourth-order valence-corrected chi connectivity index (χ4v) is 3.20. The van der Waals surface area contributed by atoms with Crippen molar-refractivity contribution in [3.63, 3.8) is 0 Å². The van der Waals surface area contributed by atoms with Crippen molar-refractivity contribution in [2.45, 2.75) is 52.6 Å². The minimum atomic E-state index is 0. The Hall–Kier alpha value is -0.900. The molecule has 0 spiro atoms. The third-order valence-corrected chi connectivity index (χ3v) is 4.43. The molecule has 1 saturated heterocycles. The lowest BCUT2D eigenvalue weighted by Crippen LogP contribution is -2.49. The van der Waals surface area contributed by atoms with Gasteiger partial charge in [-0.05, 0) is 18.8 Å². The zero-order valence-electron chi connectivity index (χ0n) is 16.0. The highest BCUT2D eigenvalue weighted by molar-refractivity contribution is 14.0. The van der Waals surface area contributed by atoms with Gasteiger partial charge < -0.3 is 20.1 Å². The summed E-state index contributed by atoms with van der Waals surface area (Å²) in [6.07, 6.45) is 5.06. The summed E-state index contributed by atoms with van der Waals surface area (Å²) in [7, 11) is 1.83. The molecule has 25 heavy (non-hydrogen) atoms. The van der Waals surface area contributed by atoms with E-state index in [1.165, 1.54) is 32.5 Å². The van der Waals surface area contributed by atoms with Crippen LogP contribution in [0.15, 0.2) is 11.3 Å². The van der Waals surface area contributed by atoms with Gasteiger partial charge in [0.2, 0.25) is 0 Å². The number of piperidine rings is 1. The molecule has 2 rings (SSSR count). The first-order chi connectivity index (χ1) is 11.6. The predicted molar refractivity (Wildman–Crippen MR) is 114 cm³/mol. The first-order valence-electron chi connectivity index (χ1n) is 9.18. The van der Waals surface area contributed by atoms with Crippen molar-refractivity contribution < 1.29 is 0 Å². The highest BCUT2D eigenvalue weighted by atomic mass is 127. The summed E-state index contributed by atoms with van der Waals surface area (Å²) in [5.74, 6) is 2.66. The quantitative estimate of drug-likeness (QED) is 0.366. The van der Waals surface area contributed by atoms with E-state index in [2.05, 4.69) is 56.1 Å². The van der Waals surface area contributed by atoms with Crippen molar-refractivity contribution in [3.05, 3.63) is 12.2 Å². The van der Waals surface area contributed by atoms with Crippen molar-refractivity contribution in [2.24, 2.45) is 10.9 Å². The van der Waals surface area contributed by atoms with Crippen LogP contribution in [0.3, 0.4) is 0 Å². The molecule has 1 fully saturated rings. The van der Waals surface area contributed by atoms with Crippen molar-refractivity contribution in [3.8, 4) is 0 Å². The molecule has 0 bridgehead atoms. The molecule has 0 amide bonds. The monoisotopic (exact) mass is 463 g/mol. The molecule has 0 atom stereocenters. The summed E-state index contributed by atoms with van der Waals surface area (Å²) in [5.41, 5.74) is 0. The molecule has 0 saturated carbocycles. The highest BCUT2D eigenvalue weighted by Crippen LogP contribution is 2.11. The first kappa shape index (κ1) is 22.1. The Balaban J connectivity index is 0.00000312. The number of nitrogens with zero attached hydrogens (tertiary/aromatic N) is 5. The third kappa shape index (κ3) is 7.47. The van der Waals surface area contributed by atoms with E-state index >= 15 is 0 Å². The topological polar surface area (TPSA) is 70.4 Å². The molecule has 2 heterocycles. The fourth-order valence-electron chi connectivity index (χ4n) is 3.20. The molecule has 8 heteroatoms. The van der Waals surface area contributed by atoms with Crippen molar-refractivity contribution in [2.75, 3.05) is 33.2 Å². The fraction of sp³-hybridized carbons (Fsp3) is 0.824. The smallest absolute Gasteiger partial charge is 0.191 e. The molecule has 1 aromatic rings. The third-order valence-electron chi connectivity index (χ3n) is 4.43. The minimum Gasteiger partial charge on any atom is -0.355 e. The zero-order valence-corrected chi connectivity index (χ0v) is 18.4. The molecule has 0 aliphatic carbocycles. The molecular weight excluding hydrogens is 429 g/mol. The Morgan fingerprint density at radius 3 is 2.68 bits per heavy atom. The maximum Gasteiger partial charge on any atom is 0.191 e. The number of aromatic nitrogens is 3. The van der Waals surface area contributed by atoms with Gasteiger partial charge in [0.15, 0.2) is 5.96 Å². The van der Waals surface area contributed by atoms with Gasteiger partial charge in [-0.2, -0.15) is 0 Å². The molecular formula is C17H34IN7. The second-order valence-corrected chi connectivity index (χ2v) is 6.91. The van der Waals surface area contributed by atoms with Gasteiger partial charge in [-0.1, -0.05) is 20.8 Å². The SMILES string of the molecule is CCc1nncn1CCNC(=NC)NC1CCN(CC(C)C)CC1.I. The summed E-state index contributed by atoms with van der Waals surface area (Å²) in [5, 5.41) is 15.0. The molecule has 7 nitrogen and oxygen atoms in total. The predicted octanol–water partition coefficient (Wildman–Crippen LogP) is 1.74. The second-order valence-electron chi connectivity index (χ2n) is 6.91. The number of hydrogen-bond donors (Lipinski definition) is 2. The molecule has 0 unspecified atom stereocenters. The van der Waals surface area contributed by atoms with Gasteiger partial charge in [-0.3, -0.25) is 4.99 Å². The summed E-state index contributed by atoms with van der Waals surface area (Å²) in [4.78, 5) is 6.92. The first-order valence-corrected chi connectivity index (χ1v) is 9.18. The number of aryl methyl sites for hydroxylation is 1. The summed E-state index contributed by atoms with van der Waals surface area (Å²) >= 11 is 0. The molecule has 1 aromatic heterocycles. The van der Waals surface area contributed by atoms with E-state index in [4.69, 9.17) is 0 Å². The van der Waals surface area contributed by atoms with Gasteiger partial charge in [0, 0.05) is 52.2 Å². The number of aliphatic imine (C=N–C) groups is 1. The molecule has 144 valence electrons. The number of nitrogens with one attached hydrogen (secondary N) is 2. The van der Waals surface area contributed by atoms with E-state index in [-0.39, 0.29) is 24.0 Å². The highest BCUT2D eigenvalue weighted by Gasteiger charge is 2.20. The summed E-state index contributed by atoms with van der Waals surface area (Å²) in [6.45, 7) is 11.9. The van der Waals surface area contributed by atoms with Crippen molar-refractivity contribution in [1.82, 2.24) is 30.3 Å². The molecule has 1 aliphatic heterocycles. The number of hydrogen-bond acceptors (Lipinski definition) is 4. The van der Waals surface area contributed by atoms with Gasteiger partial charge in [-0.25, -0.2) is 0 Å². The lowest BCUT2D eigenvalue weighted by molar-refractivity contribution is 0.187. The average Bonchev–Trinajstić information content (AvgIpc) is 3.02. The Bertz CT molecular complexity index is 507. The van der Waals surface area contributed by atoms with Crippen LogP contribution in [0.2, 0.25) is 0 Å². The lowest BCUT2D eigenvalue weighted by atomic mass is 10.0. The Labute approximate surface area is 169 Å². The van der Waals surface area contributed by atoms with Crippen LogP contribution in [0.25, 0.3) is 0 Å². The van der Waals surface area contributed by atoms with Crippen LogP contribution in [-0.4, -0.2) is 64.9 Å². The second kappa shape index (κ2) is 11.7. The molecule has 2 N–H and O–H groups in total. The number of halogens is 1. The van der Waals surface area contributed by atoms with Gasteiger partial charge in [0.1, 0.15) is 12.2 Å². The van der Waals surface area contributed by atoms with Crippen LogP contribution in [0.4, 0.5) is 0 Å². The maximum absolute atomic E-state index is 4.35. The maximum atomic E-state index is 4.35. The number of rotatable bonds is 7. The van der Waals surface area contributed by atoms with Crippen LogP contribution in [-0.2, 0) is 13.0 Å². The van der Waals surface area contributed by atoms with Gasteiger partial charge in [0.25, 0.3) is 0 Å². The minimum absolute atomic E-state index is 0. The lowest BCUT2D eigenvalue weighted by Gasteiger charge is -2.34. The van der Waals surface area contributed by atoms with E-state index in [0.29, 0.717) is 6.04 Å². The van der Waals surface area contributed by atoms with Crippen LogP contribution in [0.5, 0.6) is 0 Å². The van der Waals surface area contributed by atoms with E-state index in [1.807, 2.05) is 7.05 Å². The van der Waals surface area contributed by atoms with Crippen LogP contribution < -0.4 is 10.6 Å². The van der Waals surface area contributed by atoms with Gasteiger partial charge in [0.05, 0.1) is 0 Å². The number of guanidine groups is 1. The van der Waals surface area contributed by atoms with E-state index in [9.17, 15) is 0 Å². The van der Waals surface area contributed by atoms with Crippen molar-refractivity contribution in [1.29, 1.82) is 0 Å². The Kier molecular flexibility index (Phi) is 10.3. The normalized spacial score (nSPS) is 16.8. The molecule has 1 aliphatic rings. The van der Waals surface area contributed by atoms with Crippen LogP contribution >= 0.6 is 24.0 Å². The van der Waals surface area contributed by atoms with Gasteiger partial charge in [-0.15, -0.1) is 34.2 Å². The van der Waals surface area contributed by atoms with E-state index < -0.39 is 0 Å². The summed E-state index contributed by atoms with van der Waals surface area (Å²) < 4.78 is 2.09. The summed E-state index contributed by atoms with van der Waals surface area (Å²) in [6, 6.07) is 0.515. The van der Waals surface area contributed by atoms with Crippen LogP contribution in [0.1, 0.15) is 39.4 Å². The average molecular weight is 463 g/mol. The molecule has 0 aromatic carbocycles. The standard InChI is InChI=1S/C17H33N7.HI/c1-5-16-22-20-13-24(16)11-8-19-17(18-4)21-15-6-9-23(10-7-15)12-14(2)3;/h13-15H,5-12H2,1-4H3,(H2,18,19,21);1H. The van der Waals surface area contributed by atoms with E-state index in [0.717, 1.165) is 37.2 Å². The zero-order chi connectivity index (χ0) is 17.4. The number of likely N-dealkylation sites (tertiary alicyclic amines) is 1. The Morgan fingerprint density at radius 2 is 2.08 bits per heavy atom. The van der Waals surface area contributed by atoms with Crippen molar-refractivity contribution >= 4 is 29.9 Å². The Morgan fingerprint density at radius 1 is 1.36 bits per heavy atom. The van der Waals surface area contributed by atoms with E-state index in [1.54, 1.807) is 6.33 Å².